The smallest absolute Gasteiger partial charge is 0.404 e. The van der Waals surface area contributed by atoms with Gasteiger partial charge in [0.05, 0.1) is 0 Å². The van der Waals surface area contributed by atoms with E-state index in [1.165, 1.54) is 0 Å². The van der Waals surface area contributed by atoms with Crippen molar-refractivity contribution in [1.29, 1.82) is 0 Å². The largest absolute Gasteiger partial charge is 0.446 e. The molecule has 0 heterocycles. The zero-order valence-electron chi connectivity index (χ0n) is 8.58. The van der Waals surface area contributed by atoms with Crippen molar-refractivity contribution in [3.8, 4) is 0 Å². The Hall–Kier alpha value is -0.770. The lowest BCUT2D eigenvalue weighted by Gasteiger charge is -2.28. The summed E-state index contributed by atoms with van der Waals surface area (Å²) in [6.45, 7) is 0. The number of rotatable bonds is 4. The van der Waals surface area contributed by atoms with Gasteiger partial charge in [0, 0.05) is 24.6 Å². The number of alkyl halides is 1. The van der Waals surface area contributed by atoms with Gasteiger partial charge in [0.25, 0.3) is 0 Å². The molecule has 2 unspecified atom stereocenters. The summed E-state index contributed by atoms with van der Waals surface area (Å²) < 4.78 is 4.98. The van der Waals surface area contributed by atoms with E-state index in [1.54, 1.807) is 0 Å². The zero-order valence-corrected chi connectivity index (χ0v) is 9.33. The number of amides is 1. The summed E-state index contributed by atoms with van der Waals surface area (Å²) in [5.41, 5.74) is 4.98. The number of hydrogen-bond acceptors (Lipinski definition) is 3. The minimum absolute atomic E-state index is 0.0949. The van der Waals surface area contributed by atoms with Crippen LogP contribution in [-0.4, -0.2) is 23.9 Å². The van der Waals surface area contributed by atoms with E-state index in [1.807, 2.05) is 0 Å². The molecule has 4 nitrogen and oxygen atoms in total. The van der Waals surface area contributed by atoms with Crippen LogP contribution >= 0.6 is 11.6 Å². The summed E-state index contributed by atoms with van der Waals surface area (Å²) in [5.74, 6) is 0.735. The molecule has 0 aromatic heterocycles. The molecule has 0 aliphatic heterocycles. The Balaban J connectivity index is 2.53. The molecule has 1 aliphatic carbocycles. The van der Waals surface area contributed by atoms with Gasteiger partial charge in [-0.15, -0.1) is 11.6 Å². The van der Waals surface area contributed by atoms with Crippen molar-refractivity contribution in [1.82, 2.24) is 0 Å². The van der Waals surface area contributed by atoms with E-state index in [4.69, 9.17) is 22.1 Å². The molecular weight excluding hydrogens is 218 g/mol. The molecule has 1 aliphatic rings. The van der Waals surface area contributed by atoms with Crippen LogP contribution in [0.5, 0.6) is 0 Å². The van der Waals surface area contributed by atoms with Gasteiger partial charge in [-0.1, -0.05) is 0 Å². The Morgan fingerprint density at radius 1 is 1.67 bits per heavy atom. The fourth-order valence-corrected chi connectivity index (χ4v) is 2.24. The van der Waals surface area contributed by atoms with Gasteiger partial charge in [-0.25, -0.2) is 4.79 Å². The van der Waals surface area contributed by atoms with Crippen molar-refractivity contribution >= 4 is 23.5 Å². The second-order valence-electron chi connectivity index (χ2n) is 3.85. The molecule has 0 aromatic rings. The van der Waals surface area contributed by atoms with Gasteiger partial charge < -0.3 is 10.5 Å². The minimum Gasteiger partial charge on any atom is -0.446 e. The Morgan fingerprint density at radius 3 is 2.93 bits per heavy atom. The molecule has 0 spiro atoms. The molecule has 0 radical (unpaired) electrons. The normalized spacial score (nSPS) is 23.5. The van der Waals surface area contributed by atoms with E-state index < -0.39 is 6.09 Å². The topological polar surface area (TPSA) is 69.4 Å². The Bertz CT molecular complexity index is 245. The summed E-state index contributed by atoms with van der Waals surface area (Å²) in [4.78, 5) is 21.9. The van der Waals surface area contributed by atoms with Gasteiger partial charge in [-0.3, -0.25) is 4.79 Å². The van der Waals surface area contributed by atoms with Crippen molar-refractivity contribution in [3.05, 3.63) is 0 Å². The van der Waals surface area contributed by atoms with Crippen molar-refractivity contribution in [3.63, 3.8) is 0 Å². The number of carbonyl (C=O) groups excluding carboxylic acids is 2. The molecule has 86 valence electrons. The highest BCUT2D eigenvalue weighted by atomic mass is 35.5. The minimum atomic E-state index is -0.789. The zero-order chi connectivity index (χ0) is 11.3. The van der Waals surface area contributed by atoms with Crippen LogP contribution < -0.4 is 5.73 Å². The average Bonchev–Trinajstić information content (AvgIpc) is 2.16. The summed E-state index contributed by atoms with van der Waals surface area (Å²) in [5, 5.41) is 0. The first kappa shape index (κ1) is 12.3. The summed E-state index contributed by atoms with van der Waals surface area (Å²) in [6.07, 6.45) is 2.36. The molecule has 0 aromatic carbocycles. The standard InChI is InChI=1S/C10H16ClNO3/c11-5-4-9(15-10(12)14)7-2-1-3-8(13)6-7/h7,9H,1-6H2,(H2,12,14). The lowest BCUT2D eigenvalue weighted by molar-refractivity contribution is -0.123. The molecular formula is C10H16ClNO3. The van der Waals surface area contributed by atoms with Gasteiger partial charge in [-0.2, -0.15) is 0 Å². The molecule has 0 bridgehead atoms. The first-order chi connectivity index (χ1) is 7.13. The highest BCUT2D eigenvalue weighted by Crippen LogP contribution is 2.27. The fourth-order valence-electron chi connectivity index (χ4n) is 2.02. The lowest BCUT2D eigenvalue weighted by Crippen LogP contribution is -2.33. The quantitative estimate of drug-likeness (QED) is 0.754. The second-order valence-corrected chi connectivity index (χ2v) is 4.23. The maximum Gasteiger partial charge on any atom is 0.404 e. The van der Waals surface area contributed by atoms with Crippen molar-refractivity contribution in [2.24, 2.45) is 11.7 Å². The highest BCUT2D eigenvalue weighted by molar-refractivity contribution is 6.17. The van der Waals surface area contributed by atoms with E-state index in [2.05, 4.69) is 0 Å². The van der Waals surface area contributed by atoms with Crippen LogP contribution in [0.3, 0.4) is 0 Å². The van der Waals surface area contributed by atoms with Crippen LogP contribution in [-0.2, 0) is 9.53 Å². The molecule has 2 atom stereocenters. The number of hydrogen-bond donors (Lipinski definition) is 1. The Morgan fingerprint density at radius 2 is 2.40 bits per heavy atom. The average molecular weight is 234 g/mol. The number of ether oxygens (including phenoxy) is 1. The molecule has 1 saturated carbocycles. The first-order valence-electron chi connectivity index (χ1n) is 5.17. The first-order valence-corrected chi connectivity index (χ1v) is 5.70. The van der Waals surface area contributed by atoms with E-state index in [-0.39, 0.29) is 17.8 Å². The predicted octanol–water partition coefficient (Wildman–Crippen LogP) is 1.84. The molecule has 1 fully saturated rings. The van der Waals surface area contributed by atoms with E-state index >= 15 is 0 Å². The Kier molecular flexibility index (Phi) is 4.88. The summed E-state index contributed by atoms with van der Waals surface area (Å²) in [6, 6.07) is 0. The molecule has 5 heteroatoms. The van der Waals surface area contributed by atoms with Crippen LogP contribution in [0.1, 0.15) is 32.1 Å². The monoisotopic (exact) mass is 233 g/mol. The summed E-state index contributed by atoms with van der Waals surface area (Å²) >= 11 is 5.62. The fraction of sp³-hybridized carbons (Fsp3) is 0.800. The van der Waals surface area contributed by atoms with Gasteiger partial charge in [0.1, 0.15) is 11.9 Å². The highest BCUT2D eigenvalue weighted by Gasteiger charge is 2.29. The molecule has 2 N–H and O–H groups in total. The third-order valence-corrected chi connectivity index (χ3v) is 2.93. The van der Waals surface area contributed by atoms with Crippen LogP contribution in [0, 0.1) is 5.92 Å². The maximum absolute atomic E-state index is 11.3. The number of halogens is 1. The molecule has 15 heavy (non-hydrogen) atoms. The van der Waals surface area contributed by atoms with E-state index in [0.717, 1.165) is 12.8 Å². The van der Waals surface area contributed by atoms with Gasteiger partial charge in [0.2, 0.25) is 0 Å². The third-order valence-electron chi connectivity index (χ3n) is 2.71. The van der Waals surface area contributed by atoms with Crippen molar-refractivity contribution in [2.45, 2.75) is 38.2 Å². The maximum atomic E-state index is 11.3. The molecule has 1 amide bonds. The molecule has 1 rings (SSSR count). The van der Waals surface area contributed by atoms with Crippen LogP contribution in [0.25, 0.3) is 0 Å². The number of carbonyl (C=O) groups is 2. The van der Waals surface area contributed by atoms with Crippen LogP contribution in [0.2, 0.25) is 0 Å². The van der Waals surface area contributed by atoms with Crippen molar-refractivity contribution < 1.29 is 14.3 Å². The summed E-state index contributed by atoms with van der Waals surface area (Å²) in [7, 11) is 0. The van der Waals surface area contributed by atoms with Crippen LogP contribution in [0.15, 0.2) is 0 Å². The lowest BCUT2D eigenvalue weighted by atomic mass is 9.83. The van der Waals surface area contributed by atoms with Gasteiger partial charge >= 0.3 is 6.09 Å². The predicted molar refractivity (Wildman–Crippen MR) is 56.8 cm³/mol. The number of primary amides is 1. The number of ketones is 1. The van der Waals surface area contributed by atoms with E-state index in [9.17, 15) is 9.59 Å². The van der Waals surface area contributed by atoms with E-state index in [0.29, 0.717) is 25.1 Å². The van der Waals surface area contributed by atoms with Gasteiger partial charge in [-0.05, 0) is 19.3 Å². The van der Waals surface area contributed by atoms with Gasteiger partial charge in [0.15, 0.2) is 0 Å². The SMILES string of the molecule is NC(=O)OC(CCCl)C1CCCC(=O)C1. The Labute approximate surface area is 94.1 Å². The van der Waals surface area contributed by atoms with Crippen LogP contribution in [0.4, 0.5) is 4.79 Å². The number of nitrogens with two attached hydrogens (primary N) is 1. The van der Waals surface area contributed by atoms with Crippen molar-refractivity contribution in [2.75, 3.05) is 5.88 Å². The third kappa shape index (κ3) is 4.08. The number of Topliss-reactive ketones (excluding diaryl/α,β-unsaturated/α-hetero) is 1. The second kappa shape index (κ2) is 5.95. The molecule has 0 saturated heterocycles.